The van der Waals surface area contributed by atoms with E-state index in [2.05, 4.69) is 17.6 Å². The molecule has 0 saturated heterocycles. The molecule has 2 saturated carbocycles. The number of hydrogen-bond donors (Lipinski definition) is 2. The molecule has 0 aliphatic heterocycles. The molecule has 0 aromatic carbocycles. The quantitative estimate of drug-likeness (QED) is 0.578. The molecular formula is C12H24N2. The average molecular weight is 196 g/mol. The normalized spacial score (nSPS) is 30.6. The fourth-order valence-corrected chi connectivity index (χ4v) is 2.16. The molecule has 2 atom stereocenters. The molecule has 0 aromatic rings. The molecule has 82 valence electrons. The Hall–Kier alpha value is -0.0800. The van der Waals surface area contributed by atoms with E-state index < -0.39 is 0 Å². The molecule has 0 spiro atoms. The molecule has 2 N–H and O–H groups in total. The minimum atomic E-state index is 0.859. The van der Waals surface area contributed by atoms with Crippen LogP contribution in [0.3, 0.4) is 0 Å². The van der Waals surface area contributed by atoms with Crippen LogP contribution in [0.4, 0.5) is 0 Å². The van der Waals surface area contributed by atoms with Crippen molar-refractivity contribution in [2.75, 3.05) is 19.6 Å². The predicted molar refractivity (Wildman–Crippen MR) is 60.4 cm³/mol. The van der Waals surface area contributed by atoms with Crippen molar-refractivity contribution in [2.24, 2.45) is 11.8 Å². The van der Waals surface area contributed by atoms with E-state index in [1.807, 2.05) is 0 Å². The van der Waals surface area contributed by atoms with Crippen LogP contribution < -0.4 is 10.6 Å². The van der Waals surface area contributed by atoms with Crippen LogP contribution in [0.1, 0.15) is 39.0 Å². The van der Waals surface area contributed by atoms with E-state index in [1.54, 1.807) is 0 Å². The molecule has 0 heterocycles. The third kappa shape index (κ3) is 3.58. The van der Waals surface area contributed by atoms with Gasteiger partial charge >= 0.3 is 0 Å². The van der Waals surface area contributed by atoms with E-state index in [0.717, 1.165) is 31.0 Å². The summed E-state index contributed by atoms with van der Waals surface area (Å²) in [6.45, 7) is 5.86. The Kier molecular flexibility index (Phi) is 3.82. The van der Waals surface area contributed by atoms with Crippen molar-refractivity contribution in [3.8, 4) is 0 Å². The van der Waals surface area contributed by atoms with Gasteiger partial charge in [0.2, 0.25) is 0 Å². The van der Waals surface area contributed by atoms with Crippen molar-refractivity contribution < 1.29 is 0 Å². The van der Waals surface area contributed by atoms with Gasteiger partial charge in [-0.25, -0.2) is 0 Å². The average Bonchev–Trinajstić information content (AvgIpc) is 3.02. The fourth-order valence-electron chi connectivity index (χ4n) is 2.16. The second-order valence-electron chi connectivity index (χ2n) is 4.99. The lowest BCUT2D eigenvalue weighted by molar-refractivity contribution is 0.560. The van der Waals surface area contributed by atoms with Crippen LogP contribution in [-0.2, 0) is 0 Å². The standard InChI is InChI=1S/C12H24N2/c1-2-3-11-8-12(11)14-7-6-13-9-10-4-5-10/h10-14H,2-9H2,1H3. The van der Waals surface area contributed by atoms with Gasteiger partial charge < -0.3 is 10.6 Å². The predicted octanol–water partition coefficient (Wildman–Crippen LogP) is 1.76. The fraction of sp³-hybridized carbons (Fsp3) is 1.00. The zero-order valence-electron chi connectivity index (χ0n) is 9.39. The summed E-state index contributed by atoms with van der Waals surface area (Å²) in [4.78, 5) is 0. The molecule has 2 aliphatic rings. The van der Waals surface area contributed by atoms with E-state index in [4.69, 9.17) is 0 Å². The van der Waals surface area contributed by atoms with Gasteiger partial charge in [-0.1, -0.05) is 13.3 Å². The monoisotopic (exact) mass is 196 g/mol. The van der Waals surface area contributed by atoms with Gasteiger partial charge in [0, 0.05) is 19.1 Å². The van der Waals surface area contributed by atoms with Crippen molar-refractivity contribution >= 4 is 0 Å². The maximum absolute atomic E-state index is 3.62. The van der Waals surface area contributed by atoms with Crippen molar-refractivity contribution in [3.05, 3.63) is 0 Å². The minimum Gasteiger partial charge on any atom is -0.315 e. The Bertz CT molecular complexity index is 166. The lowest BCUT2D eigenvalue weighted by Crippen LogP contribution is -2.30. The summed E-state index contributed by atoms with van der Waals surface area (Å²) in [6.07, 6.45) is 7.12. The first kappa shape index (κ1) is 10.4. The van der Waals surface area contributed by atoms with Crippen LogP contribution in [0, 0.1) is 11.8 Å². The molecule has 0 radical (unpaired) electrons. The van der Waals surface area contributed by atoms with Crippen LogP contribution in [0.15, 0.2) is 0 Å². The van der Waals surface area contributed by atoms with Gasteiger partial charge in [-0.05, 0) is 44.1 Å². The molecule has 2 unspecified atom stereocenters. The number of rotatable bonds is 8. The van der Waals surface area contributed by atoms with Crippen molar-refractivity contribution in [2.45, 2.75) is 45.1 Å². The highest BCUT2D eigenvalue weighted by molar-refractivity contribution is 4.92. The second-order valence-corrected chi connectivity index (χ2v) is 4.99. The Morgan fingerprint density at radius 1 is 1.21 bits per heavy atom. The first-order valence-electron chi connectivity index (χ1n) is 6.34. The molecule has 2 nitrogen and oxygen atoms in total. The largest absolute Gasteiger partial charge is 0.315 e. The van der Waals surface area contributed by atoms with E-state index >= 15 is 0 Å². The SMILES string of the molecule is CCCC1CC1NCCNCC1CC1. The van der Waals surface area contributed by atoms with Crippen LogP contribution in [-0.4, -0.2) is 25.7 Å². The summed E-state index contributed by atoms with van der Waals surface area (Å²) in [5.41, 5.74) is 0. The van der Waals surface area contributed by atoms with Crippen molar-refractivity contribution in [3.63, 3.8) is 0 Å². The van der Waals surface area contributed by atoms with Gasteiger partial charge in [0.25, 0.3) is 0 Å². The molecule has 2 fully saturated rings. The van der Waals surface area contributed by atoms with Gasteiger partial charge in [0.05, 0.1) is 0 Å². The number of nitrogens with one attached hydrogen (secondary N) is 2. The highest BCUT2D eigenvalue weighted by atomic mass is 15.0. The molecule has 0 aromatic heterocycles. The summed E-state index contributed by atoms with van der Waals surface area (Å²) in [7, 11) is 0. The topological polar surface area (TPSA) is 24.1 Å². The molecular weight excluding hydrogens is 172 g/mol. The van der Waals surface area contributed by atoms with Crippen LogP contribution in [0.2, 0.25) is 0 Å². The summed E-state index contributed by atoms with van der Waals surface area (Å²) in [5, 5.41) is 7.14. The first-order chi connectivity index (χ1) is 6.90. The van der Waals surface area contributed by atoms with Crippen LogP contribution >= 0.6 is 0 Å². The smallest absolute Gasteiger partial charge is 0.00996 e. The first-order valence-corrected chi connectivity index (χ1v) is 6.34. The summed E-state index contributed by atoms with van der Waals surface area (Å²) >= 11 is 0. The minimum absolute atomic E-state index is 0.859. The van der Waals surface area contributed by atoms with E-state index in [9.17, 15) is 0 Å². The zero-order valence-corrected chi connectivity index (χ0v) is 9.39. The molecule has 2 heteroatoms. The Morgan fingerprint density at radius 2 is 2.07 bits per heavy atom. The Balaban J connectivity index is 1.36. The maximum atomic E-state index is 3.62. The van der Waals surface area contributed by atoms with Crippen molar-refractivity contribution in [1.82, 2.24) is 10.6 Å². The van der Waals surface area contributed by atoms with E-state index in [0.29, 0.717) is 0 Å². The van der Waals surface area contributed by atoms with Gasteiger partial charge in [0.15, 0.2) is 0 Å². The highest BCUT2D eigenvalue weighted by Crippen LogP contribution is 2.34. The van der Waals surface area contributed by atoms with Gasteiger partial charge in [-0.2, -0.15) is 0 Å². The van der Waals surface area contributed by atoms with Gasteiger partial charge in [-0.15, -0.1) is 0 Å². The lowest BCUT2D eigenvalue weighted by Gasteiger charge is -2.05. The van der Waals surface area contributed by atoms with E-state index in [1.165, 1.54) is 38.6 Å². The van der Waals surface area contributed by atoms with Crippen molar-refractivity contribution in [1.29, 1.82) is 0 Å². The summed E-state index contributed by atoms with van der Waals surface area (Å²) in [5.74, 6) is 2.02. The van der Waals surface area contributed by atoms with E-state index in [-0.39, 0.29) is 0 Å². The molecule has 0 bridgehead atoms. The number of hydrogen-bond acceptors (Lipinski definition) is 2. The molecule has 2 rings (SSSR count). The Morgan fingerprint density at radius 3 is 2.79 bits per heavy atom. The Labute approximate surface area is 87.8 Å². The van der Waals surface area contributed by atoms with Crippen LogP contribution in [0.5, 0.6) is 0 Å². The summed E-state index contributed by atoms with van der Waals surface area (Å²) < 4.78 is 0. The third-order valence-electron chi connectivity index (χ3n) is 3.42. The third-order valence-corrected chi connectivity index (χ3v) is 3.42. The lowest BCUT2D eigenvalue weighted by atomic mass is 10.2. The highest BCUT2D eigenvalue weighted by Gasteiger charge is 2.34. The summed E-state index contributed by atoms with van der Waals surface area (Å²) in [6, 6.07) is 0.859. The molecule has 0 amide bonds. The molecule has 2 aliphatic carbocycles. The van der Waals surface area contributed by atoms with Gasteiger partial charge in [0.1, 0.15) is 0 Å². The molecule has 14 heavy (non-hydrogen) atoms. The van der Waals surface area contributed by atoms with Crippen LogP contribution in [0.25, 0.3) is 0 Å². The maximum Gasteiger partial charge on any atom is 0.00996 e. The van der Waals surface area contributed by atoms with Gasteiger partial charge in [-0.3, -0.25) is 0 Å². The zero-order chi connectivity index (χ0) is 9.80. The second kappa shape index (κ2) is 5.13.